The fourth-order valence-corrected chi connectivity index (χ4v) is 2.09. The lowest BCUT2D eigenvalue weighted by atomic mass is 10.00. The molecule has 0 spiro atoms. The van der Waals surface area contributed by atoms with Crippen molar-refractivity contribution in [1.82, 2.24) is 0 Å². The van der Waals surface area contributed by atoms with Crippen molar-refractivity contribution in [3.8, 4) is 11.5 Å². The number of nitrogens with two attached hydrogens (primary N) is 1. The number of unbranched alkanes of at least 4 members (excludes halogenated alkanes) is 1. The number of Topliss-reactive ketones (excluding diaryl/α,β-unsaturated/α-hetero) is 1. The molecular weight excluding hydrogens is 242 g/mol. The Morgan fingerprint density at radius 2 is 2.05 bits per heavy atom. The second kappa shape index (κ2) is 6.57. The van der Waals surface area contributed by atoms with Crippen molar-refractivity contribution in [3.63, 3.8) is 0 Å². The van der Waals surface area contributed by atoms with Crippen molar-refractivity contribution < 1.29 is 14.3 Å². The van der Waals surface area contributed by atoms with Gasteiger partial charge in [-0.2, -0.15) is 0 Å². The maximum absolute atomic E-state index is 12.2. The average Bonchev–Trinajstić information content (AvgIpc) is 2.68. The zero-order valence-corrected chi connectivity index (χ0v) is 11.4. The zero-order chi connectivity index (χ0) is 13.7. The summed E-state index contributed by atoms with van der Waals surface area (Å²) in [4.78, 5) is 12.2. The van der Waals surface area contributed by atoms with Crippen LogP contribution in [0, 0.1) is 0 Å². The number of carbonyl (C=O) groups excluding carboxylic acids is 1. The number of hydrogen-bond donors (Lipinski definition) is 1. The average molecular weight is 263 g/mol. The molecule has 19 heavy (non-hydrogen) atoms. The van der Waals surface area contributed by atoms with Gasteiger partial charge in [-0.3, -0.25) is 4.79 Å². The van der Waals surface area contributed by atoms with Crippen molar-refractivity contribution in [2.75, 3.05) is 13.2 Å². The van der Waals surface area contributed by atoms with Crippen LogP contribution >= 0.6 is 0 Å². The van der Waals surface area contributed by atoms with Gasteiger partial charge in [-0.25, -0.2) is 0 Å². The predicted octanol–water partition coefficient (Wildman–Crippen LogP) is 2.55. The molecule has 2 N–H and O–H groups in total. The van der Waals surface area contributed by atoms with Crippen molar-refractivity contribution in [3.05, 3.63) is 23.8 Å². The number of rotatable bonds is 5. The number of benzene rings is 1. The highest BCUT2D eigenvalue weighted by Gasteiger charge is 2.18. The molecular formula is C15H21NO3. The van der Waals surface area contributed by atoms with E-state index in [-0.39, 0.29) is 5.78 Å². The third kappa shape index (κ3) is 3.47. The molecule has 0 saturated carbocycles. The Bertz CT molecular complexity index is 445. The third-order valence-electron chi connectivity index (χ3n) is 3.24. The van der Waals surface area contributed by atoms with Crippen LogP contribution in [-0.4, -0.2) is 25.0 Å². The molecule has 0 amide bonds. The molecule has 0 radical (unpaired) electrons. The molecule has 0 aliphatic carbocycles. The molecule has 1 heterocycles. The molecule has 0 fully saturated rings. The molecule has 0 aromatic heterocycles. The second-order valence-corrected chi connectivity index (χ2v) is 4.82. The Balaban J connectivity index is 2.12. The van der Waals surface area contributed by atoms with Gasteiger partial charge in [-0.15, -0.1) is 0 Å². The number of carbonyl (C=O) groups is 1. The molecule has 4 heteroatoms. The summed E-state index contributed by atoms with van der Waals surface area (Å²) in [6, 6.07) is 4.88. The maximum Gasteiger partial charge on any atom is 0.179 e. The molecule has 104 valence electrons. The summed E-state index contributed by atoms with van der Waals surface area (Å²) in [5.74, 6) is 1.33. The molecule has 1 unspecified atom stereocenters. The van der Waals surface area contributed by atoms with Gasteiger partial charge in [0.25, 0.3) is 0 Å². The van der Waals surface area contributed by atoms with E-state index in [4.69, 9.17) is 15.2 Å². The summed E-state index contributed by atoms with van der Waals surface area (Å²) >= 11 is 0. The summed E-state index contributed by atoms with van der Waals surface area (Å²) in [5.41, 5.74) is 6.53. The van der Waals surface area contributed by atoms with E-state index in [1.165, 1.54) is 0 Å². The standard InChI is InChI=1S/C15H21NO3/c1-2-3-5-12(16)15(17)11-6-7-13-14(10-11)19-9-4-8-18-13/h6-7,10,12H,2-5,8-9,16H2,1H3. The summed E-state index contributed by atoms with van der Waals surface area (Å²) in [6.07, 6.45) is 3.59. The first-order valence-corrected chi connectivity index (χ1v) is 6.92. The van der Waals surface area contributed by atoms with E-state index in [2.05, 4.69) is 6.92 Å². The van der Waals surface area contributed by atoms with Crippen LogP contribution in [0.15, 0.2) is 18.2 Å². The number of hydrogen-bond acceptors (Lipinski definition) is 4. The fourth-order valence-electron chi connectivity index (χ4n) is 2.09. The summed E-state index contributed by atoms with van der Waals surface area (Å²) in [6.45, 7) is 3.35. The van der Waals surface area contributed by atoms with Crippen LogP contribution in [0.3, 0.4) is 0 Å². The van der Waals surface area contributed by atoms with Gasteiger partial charge in [0.15, 0.2) is 17.3 Å². The Kier molecular flexibility index (Phi) is 4.80. The van der Waals surface area contributed by atoms with Gasteiger partial charge in [-0.05, 0) is 24.6 Å². The fraction of sp³-hybridized carbons (Fsp3) is 0.533. The zero-order valence-electron chi connectivity index (χ0n) is 11.4. The highest BCUT2D eigenvalue weighted by molar-refractivity contribution is 6.00. The molecule has 1 aliphatic heterocycles. The van der Waals surface area contributed by atoms with Gasteiger partial charge in [0, 0.05) is 12.0 Å². The van der Waals surface area contributed by atoms with E-state index in [0.717, 1.165) is 25.7 Å². The minimum absolute atomic E-state index is 0.0240. The smallest absolute Gasteiger partial charge is 0.179 e. The van der Waals surface area contributed by atoms with Crippen LogP contribution in [0.2, 0.25) is 0 Å². The number of ketones is 1. The van der Waals surface area contributed by atoms with Crippen molar-refractivity contribution in [2.24, 2.45) is 5.73 Å². The highest BCUT2D eigenvalue weighted by atomic mass is 16.5. The molecule has 4 nitrogen and oxygen atoms in total. The molecule has 1 aromatic rings. The van der Waals surface area contributed by atoms with Crippen molar-refractivity contribution >= 4 is 5.78 Å². The van der Waals surface area contributed by atoms with Gasteiger partial charge in [0.2, 0.25) is 0 Å². The quantitative estimate of drug-likeness (QED) is 0.829. The predicted molar refractivity (Wildman–Crippen MR) is 73.9 cm³/mol. The van der Waals surface area contributed by atoms with E-state index in [0.29, 0.717) is 30.3 Å². The monoisotopic (exact) mass is 263 g/mol. The second-order valence-electron chi connectivity index (χ2n) is 4.82. The normalized spacial score (nSPS) is 15.7. The molecule has 0 saturated heterocycles. The Hall–Kier alpha value is -1.55. The van der Waals surface area contributed by atoms with Crippen LogP contribution < -0.4 is 15.2 Å². The molecule has 1 aromatic carbocycles. The van der Waals surface area contributed by atoms with E-state index in [1.54, 1.807) is 18.2 Å². The first-order chi connectivity index (χ1) is 9.22. The van der Waals surface area contributed by atoms with E-state index < -0.39 is 6.04 Å². The maximum atomic E-state index is 12.2. The van der Waals surface area contributed by atoms with Crippen LogP contribution in [0.1, 0.15) is 43.0 Å². The van der Waals surface area contributed by atoms with Crippen LogP contribution in [0.5, 0.6) is 11.5 Å². The SMILES string of the molecule is CCCCC(N)C(=O)c1ccc2c(c1)OCCCO2. The van der Waals surface area contributed by atoms with Crippen LogP contribution in [0.25, 0.3) is 0 Å². The van der Waals surface area contributed by atoms with Gasteiger partial charge in [0.05, 0.1) is 19.3 Å². The van der Waals surface area contributed by atoms with E-state index >= 15 is 0 Å². The first kappa shape index (κ1) is 13.9. The Morgan fingerprint density at radius 1 is 1.32 bits per heavy atom. The number of fused-ring (bicyclic) bond motifs is 1. The lowest BCUT2D eigenvalue weighted by Gasteiger charge is -2.12. The topological polar surface area (TPSA) is 61.6 Å². The minimum Gasteiger partial charge on any atom is -0.490 e. The van der Waals surface area contributed by atoms with E-state index in [9.17, 15) is 4.79 Å². The Labute approximate surface area is 113 Å². The molecule has 2 rings (SSSR count). The largest absolute Gasteiger partial charge is 0.490 e. The highest BCUT2D eigenvalue weighted by Crippen LogP contribution is 2.30. The molecule has 1 atom stereocenters. The lowest BCUT2D eigenvalue weighted by Crippen LogP contribution is -2.30. The Morgan fingerprint density at radius 3 is 2.79 bits per heavy atom. The summed E-state index contributed by atoms with van der Waals surface area (Å²) in [5, 5.41) is 0. The van der Waals surface area contributed by atoms with Gasteiger partial charge in [-0.1, -0.05) is 19.8 Å². The van der Waals surface area contributed by atoms with Gasteiger partial charge >= 0.3 is 0 Å². The van der Waals surface area contributed by atoms with Crippen LogP contribution in [0.4, 0.5) is 0 Å². The minimum atomic E-state index is -0.426. The van der Waals surface area contributed by atoms with Crippen LogP contribution in [-0.2, 0) is 0 Å². The summed E-state index contributed by atoms with van der Waals surface area (Å²) < 4.78 is 11.1. The van der Waals surface area contributed by atoms with Gasteiger partial charge in [0.1, 0.15) is 0 Å². The van der Waals surface area contributed by atoms with Crippen molar-refractivity contribution in [1.29, 1.82) is 0 Å². The summed E-state index contributed by atoms with van der Waals surface area (Å²) in [7, 11) is 0. The molecule has 1 aliphatic rings. The number of ether oxygens (including phenoxy) is 2. The van der Waals surface area contributed by atoms with E-state index in [1.807, 2.05) is 0 Å². The lowest BCUT2D eigenvalue weighted by molar-refractivity contribution is 0.0955. The van der Waals surface area contributed by atoms with Crippen molar-refractivity contribution in [2.45, 2.75) is 38.6 Å². The third-order valence-corrected chi connectivity index (χ3v) is 3.24. The molecule has 0 bridgehead atoms. The first-order valence-electron chi connectivity index (χ1n) is 6.92. The van der Waals surface area contributed by atoms with Gasteiger partial charge < -0.3 is 15.2 Å².